The van der Waals surface area contributed by atoms with Crippen LogP contribution in [0, 0.1) is 5.82 Å². The lowest BCUT2D eigenvalue weighted by molar-refractivity contribution is 0.135. The predicted molar refractivity (Wildman–Crippen MR) is 89.6 cm³/mol. The van der Waals surface area contributed by atoms with E-state index in [1.165, 1.54) is 30.3 Å². The summed E-state index contributed by atoms with van der Waals surface area (Å²) in [6.45, 7) is 0.619. The molecule has 0 aromatic heterocycles. The van der Waals surface area contributed by atoms with Gasteiger partial charge >= 0.3 is 6.03 Å². The van der Waals surface area contributed by atoms with Gasteiger partial charge in [-0.3, -0.25) is 0 Å². The average molecular weight is 356 g/mol. The van der Waals surface area contributed by atoms with Gasteiger partial charge in [0.1, 0.15) is 5.82 Å². The highest BCUT2D eigenvalue weighted by Gasteiger charge is 2.34. The first kappa shape index (κ1) is 18.4. The highest BCUT2D eigenvalue weighted by Crippen LogP contribution is 2.18. The van der Waals surface area contributed by atoms with Crippen molar-refractivity contribution < 1.29 is 22.3 Å². The first-order valence-electron chi connectivity index (χ1n) is 7.60. The molecule has 1 aromatic rings. The van der Waals surface area contributed by atoms with Crippen LogP contribution in [0.4, 0.5) is 9.18 Å². The number of hydrogen-bond acceptors (Lipinski definition) is 4. The van der Waals surface area contributed by atoms with Crippen molar-refractivity contribution in [1.82, 2.24) is 10.2 Å². The number of nitrogens with zero attached hydrogens (tertiary/aromatic N) is 1. The third-order valence-electron chi connectivity index (χ3n) is 3.78. The second-order valence-electron chi connectivity index (χ2n) is 5.58. The van der Waals surface area contributed by atoms with Crippen molar-refractivity contribution in [1.29, 1.82) is 0 Å². The molecule has 1 unspecified atom stereocenters. The number of carbonyl (C=O) groups is 1. The standard InChI is InChI=1S/C16H21FN2O4S/c1-23-9-8-19(15-6-10-24(21,22)12-15)16(20)18-7-5-13-3-2-4-14(17)11-13/h2-5,7,11,15H,6,8-10,12H2,1H3,(H,18,20)/b7-5+. The Balaban J connectivity index is 1.99. The monoisotopic (exact) mass is 356 g/mol. The molecule has 6 nitrogen and oxygen atoms in total. The predicted octanol–water partition coefficient (Wildman–Crippen LogP) is 1.64. The number of nitrogens with one attached hydrogen (secondary N) is 1. The van der Waals surface area contributed by atoms with Crippen molar-refractivity contribution >= 4 is 21.9 Å². The largest absolute Gasteiger partial charge is 0.383 e. The first-order valence-corrected chi connectivity index (χ1v) is 9.42. The van der Waals surface area contributed by atoms with Gasteiger partial charge in [-0.1, -0.05) is 12.1 Å². The first-order chi connectivity index (χ1) is 11.4. The summed E-state index contributed by atoms with van der Waals surface area (Å²) >= 11 is 0. The zero-order chi connectivity index (χ0) is 17.6. The quantitative estimate of drug-likeness (QED) is 0.841. The molecule has 1 saturated heterocycles. The van der Waals surface area contributed by atoms with Crippen molar-refractivity contribution in [2.24, 2.45) is 0 Å². The van der Waals surface area contributed by atoms with Gasteiger partial charge in [-0.15, -0.1) is 0 Å². The molecular weight excluding hydrogens is 335 g/mol. The molecule has 1 N–H and O–H groups in total. The normalized spacial score (nSPS) is 19.5. The van der Waals surface area contributed by atoms with E-state index in [0.29, 0.717) is 25.1 Å². The van der Waals surface area contributed by atoms with Crippen molar-refractivity contribution in [3.05, 3.63) is 41.8 Å². The van der Waals surface area contributed by atoms with Crippen molar-refractivity contribution in [3.8, 4) is 0 Å². The number of carbonyl (C=O) groups excluding carboxylic acids is 1. The topological polar surface area (TPSA) is 75.7 Å². The maximum absolute atomic E-state index is 13.1. The lowest BCUT2D eigenvalue weighted by atomic mass is 10.2. The molecule has 1 fully saturated rings. The van der Waals surface area contributed by atoms with E-state index in [1.54, 1.807) is 18.2 Å². The minimum Gasteiger partial charge on any atom is -0.383 e. The van der Waals surface area contributed by atoms with E-state index in [1.807, 2.05) is 0 Å². The molecule has 2 amide bonds. The number of rotatable bonds is 6. The van der Waals surface area contributed by atoms with Gasteiger partial charge in [0.25, 0.3) is 0 Å². The van der Waals surface area contributed by atoms with Gasteiger partial charge in [0, 0.05) is 25.9 Å². The SMILES string of the molecule is COCCN(C(=O)N/C=C/c1cccc(F)c1)C1CCS(=O)(=O)C1. The smallest absolute Gasteiger partial charge is 0.321 e. The number of amides is 2. The van der Waals surface area contributed by atoms with E-state index in [9.17, 15) is 17.6 Å². The Bertz CT molecular complexity index is 706. The molecule has 1 atom stereocenters. The highest BCUT2D eigenvalue weighted by atomic mass is 32.2. The van der Waals surface area contributed by atoms with E-state index in [2.05, 4.69) is 5.32 Å². The number of ether oxygens (including phenoxy) is 1. The summed E-state index contributed by atoms with van der Waals surface area (Å²) in [5, 5.41) is 2.60. The van der Waals surface area contributed by atoms with Gasteiger partial charge in [0.15, 0.2) is 9.84 Å². The number of benzene rings is 1. The molecule has 1 aromatic carbocycles. The Morgan fingerprint density at radius 2 is 2.29 bits per heavy atom. The van der Waals surface area contributed by atoms with Crippen LogP contribution in [0.1, 0.15) is 12.0 Å². The summed E-state index contributed by atoms with van der Waals surface area (Å²) in [7, 11) is -1.57. The fourth-order valence-electron chi connectivity index (χ4n) is 2.56. The van der Waals surface area contributed by atoms with Crippen LogP contribution in [0.3, 0.4) is 0 Å². The summed E-state index contributed by atoms with van der Waals surface area (Å²) < 4.78 is 41.4. The molecule has 1 heterocycles. The summed E-state index contributed by atoms with van der Waals surface area (Å²) in [6, 6.07) is 5.20. The fraction of sp³-hybridized carbons (Fsp3) is 0.438. The Morgan fingerprint density at radius 1 is 1.50 bits per heavy atom. The Kier molecular flexibility index (Phi) is 6.33. The molecule has 132 valence electrons. The Hall–Kier alpha value is -1.93. The third kappa shape index (κ3) is 5.31. The molecule has 1 aliphatic rings. The molecule has 1 aliphatic heterocycles. The summed E-state index contributed by atoms with van der Waals surface area (Å²) in [5.74, 6) is -0.299. The van der Waals surface area contributed by atoms with Gasteiger partial charge in [0.05, 0.1) is 18.1 Å². The number of urea groups is 1. The van der Waals surface area contributed by atoms with Crippen molar-refractivity contribution in [3.63, 3.8) is 0 Å². The van der Waals surface area contributed by atoms with Crippen LogP contribution in [0.2, 0.25) is 0 Å². The molecule has 8 heteroatoms. The van der Waals surface area contributed by atoms with Gasteiger partial charge in [-0.2, -0.15) is 0 Å². The van der Waals surface area contributed by atoms with Gasteiger partial charge < -0.3 is 15.0 Å². The second kappa shape index (κ2) is 8.25. The molecule has 24 heavy (non-hydrogen) atoms. The molecule has 0 aliphatic carbocycles. The Morgan fingerprint density at radius 3 is 2.92 bits per heavy atom. The third-order valence-corrected chi connectivity index (χ3v) is 5.53. The minimum atomic E-state index is -3.09. The number of sulfone groups is 1. The van der Waals surface area contributed by atoms with Crippen LogP contribution in [-0.2, 0) is 14.6 Å². The molecule has 0 saturated carbocycles. The minimum absolute atomic E-state index is 0.0300. The van der Waals surface area contributed by atoms with Crippen molar-refractivity contribution in [2.75, 3.05) is 31.8 Å². The van der Waals surface area contributed by atoms with Crippen LogP contribution in [0.25, 0.3) is 6.08 Å². The van der Waals surface area contributed by atoms with Crippen LogP contribution in [-0.4, -0.2) is 57.2 Å². The second-order valence-corrected chi connectivity index (χ2v) is 7.81. The summed E-state index contributed by atoms with van der Waals surface area (Å²) in [5.41, 5.74) is 0.613. The van der Waals surface area contributed by atoms with Crippen LogP contribution in [0.15, 0.2) is 30.5 Å². The van der Waals surface area contributed by atoms with E-state index >= 15 is 0 Å². The number of methoxy groups -OCH3 is 1. The fourth-order valence-corrected chi connectivity index (χ4v) is 4.29. The van der Waals surface area contributed by atoms with Gasteiger partial charge in [-0.05, 0) is 30.2 Å². The van der Waals surface area contributed by atoms with Crippen molar-refractivity contribution in [2.45, 2.75) is 12.5 Å². The summed E-state index contributed by atoms with van der Waals surface area (Å²) in [6.07, 6.45) is 3.41. The van der Waals surface area contributed by atoms with Gasteiger partial charge in [0.2, 0.25) is 0 Å². The maximum atomic E-state index is 13.1. The molecular formula is C16H21FN2O4S. The number of halogens is 1. The van der Waals surface area contributed by atoms with Gasteiger partial charge in [-0.25, -0.2) is 17.6 Å². The summed E-state index contributed by atoms with van der Waals surface area (Å²) in [4.78, 5) is 13.8. The zero-order valence-corrected chi connectivity index (χ0v) is 14.3. The van der Waals surface area contributed by atoms with Crippen LogP contribution < -0.4 is 5.32 Å². The van der Waals surface area contributed by atoms with E-state index in [-0.39, 0.29) is 23.4 Å². The van der Waals surface area contributed by atoms with E-state index < -0.39 is 15.9 Å². The lowest BCUT2D eigenvalue weighted by Gasteiger charge is -2.27. The zero-order valence-electron chi connectivity index (χ0n) is 13.4. The molecule has 0 bridgehead atoms. The van der Waals surface area contributed by atoms with E-state index in [4.69, 9.17) is 4.74 Å². The molecule has 0 spiro atoms. The highest BCUT2D eigenvalue weighted by molar-refractivity contribution is 7.91. The van der Waals surface area contributed by atoms with Crippen LogP contribution in [0.5, 0.6) is 0 Å². The Labute approximate surface area is 141 Å². The molecule has 2 rings (SSSR count). The van der Waals surface area contributed by atoms with E-state index in [0.717, 1.165) is 0 Å². The molecule has 0 radical (unpaired) electrons. The average Bonchev–Trinajstić information content (AvgIpc) is 2.88. The maximum Gasteiger partial charge on any atom is 0.321 e. The lowest BCUT2D eigenvalue weighted by Crippen LogP contribution is -2.46. The van der Waals surface area contributed by atoms with Crippen LogP contribution >= 0.6 is 0 Å². The number of hydrogen-bond donors (Lipinski definition) is 1.